The van der Waals surface area contributed by atoms with E-state index in [0.717, 1.165) is 43.7 Å². The van der Waals surface area contributed by atoms with Crippen LogP contribution in [0.1, 0.15) is 13.3 Å². The lowest BCUT2D eigenvalue weighted by atomic mass is 10.0. The molecule has 0 aromatic carbocycles. The normalized spacial score (nSPS) is 21.2. The first-order valence-corrected chi connectivity index (χ1v) is 8.67. The van der Waals surface area contributed by atoms with Crippen molar-refractivity contribution in [1.29, 1.82) is 0 Å². The number of aliphatic carboxylic acids is 2. The molecule has 26 heavy (non-hydrogen) atoms. The van der Waals surface area contributed by atoms with Gasteiger partial charge in [0.15, 0.2) is 0 Å². The number of carboxylic acids is 2. The second-order valence-electron chi connectivity index (χ2n) is 6.32. The molecule has 1 aromatic rings. The van der Waals surface area contributed by atoms with Crippen LogP contribution in [0.2, 0.25) is 0 Å². The average Bonchev–Trinajstić information content (AvgIpc) is 3.21. The molecule has 2 atom stereocenters. The van der Waals surface area contributed by atoms with Gasteiger partial charge in [-0.15, -0.1) is 0 Å². The minimum Gasteiger partial charge on any atom is -0.492 e. The Bertz CT molecular complexity index is 621. The molecule has 0 spiro atoms. The van der Waals surface area contributed by atoms with E-state index in [1.165, 1.54) is 18.8 Å². The number of hydrogen-bond donors (Lipinski definition) is 3. The van der Waals surface area contributed by atoms with Crippen molar-refractivity contribution >= 4 is 17.6 Å². The molecule has 2 unspecified atom stereocenters. The zero-order valence-corrected chi connectivity index (χ0v) is 14.8. The van der Waals surface area contributed by atoms with Crippen molar-refractivity contribution < 1.29 is 24.5 Å². The van der Waals surface area contributed by atoms with Crippen LogP contribution in [0.5, 0.6) is 5.75 Å². The van der Waals surface area contributed by atoms with Gasteiger partial charge in [-0.3, -0.25) is 4.98 Å². The number of fused-ring (bicyclic) bond motifs is 1. The van der Waals surface area contributed by atoms with Gasteiger partial charge in [0.2, 0.25) is 0 Å². The summed E-state index contributed by atoms with van der Waals surface area (Å²) in [6.45, 7) is 7.51. The van der Waals surface area contributed by atoms with Crippen LogP contribution < -0.4 is 15.0 Å². The molecule has 8 nitrogen and oxygen atoms in total. The third-order valence-corrected chi connectivity index (χ3v) is 4.29. The van der Waals surface area contributed by atoms with E-state index in [-0.39, 0.29) is 0 Å². The molecule has 2 aliphatic rings. The third-order valence-electron chi connectivity index (χ3n) is 4.29. The predicted molar refractivity (Wildman–Crippen MR) is 96.5 cm³/mol. The molecular weight excluding hydrogens is 338 g/mol. The van der Waals surface area contributed by atoms with E-state index in [2.05, 4.69) is 28.2 Å². The number of nitrogens with zero attached hydrogens (tertiary/aromatic N) is 2. The van der Waals surface area contributed by atoms with Crippen LogP contribution in [0, 0.1) is 11.8 Å². The molecule has 0 bridgehead atoms. The maximum absolute atomic E-state index is 9.55. The molecular formula is C18H25N3O5. The summed E-state index contributed by atoms with van der Waals surface area (Å²) in [5.41, 5.74) is 1.21. The zero-order chi connectivity index (χ0) is 18.9. The number of hydrogen-bond acceptors (Lipinski definition) is 6. The first-order chi connectivity index (χ1) is 12.5. The molecule has 0 saturated carbocycles. The second kappa shape index (κ2) is 9.76. The average molecular weight is 363 g/mol. The highest BCUT2D eigenvalue weighted by atomic mass is 16.5. The summed E-state index contributed by atoms with van der Waals surface area (Å²) < 4.78 is 5.65. The number of nitrogens with one attached hydrogen (secondary N) is 1. The topological polar surface area (TPSA) is 112 Å². The van der Waals surface area contributed by atoms with Crippen LogP contribution in [-0.4, -0.2) is 59.9 Å². The first-order valence-electron chi connectivity index (χ1n) is 8.67. The SMILES string of the molecule is CCCOc1cncc(N2CC3CNCC3C2)c1.O=C(O)C=CC(=O)O. The van der Waals surface area contributed by atoms with Gasteiger partial charge >= 0.3 is 11.9 Å². The van der Waals surface area contributed by atoms with Crippen LogP contribution in [0.15, 0.2) is 30.6 Å². The standard InChI is InChI=1S/C14H21N3O.C4H4O4/c1-2-3-18-14-4-13(7-16-8-14)17-9-11-5-15-6-12(11)10-17;5-3(6)1-2-4(7)8/h4,7-8,11-12,15H,2-3,5-6,9-10H2,1H3;1-2H,(H,5,6)(H,7,8). The number of aromatic nitrogens is 1. The van der Waals surface area contributed by atoms with E-state index in [9.17, 15) is 9.59 Å². The molecule has 3 rings (SSSR count). The molecule has 0 amide bonds. The number of rotatable bonds is 6. The summed E-state index contributed by atoms with van der Waals surface area (Å²) in [6, 6.07) is 2.12. The predicted octanol–water partition coefficient (Wildman–Crippen LogP) is 1.24. The molecule has 2 fully saturated rings. The highest BCUT2D eigenvalue weighted by Gasteiger charge is 2.36. The minimum atomic E-state index is -1.26. The highest BCUT2D eigenvalue weighted by Crippen LogP contribution is 2.31. The van der Waals surface area contributed by atoms with E-state index in [4.69, 9.17) is 14.9 Å². The first kappa shape index (κ1) is 19.7. The summed E-state index contributed by atoms with van der Waals surface area (Å²) in [7, 11) is 0. The van der Waals surface area contributed by atoms with Crippen LogP contribution in [0.25, 0.3) is 0 Å². The van der Waals surface area contributed by atoms with E-state index in [0.29, 0.717) is 12.2 Å². The smallest absolute Gasteiger partial charge is 0.328 e. The van der Waals surface area contributed by atoms with E-state index in [1.807, 2.05) is 6.20 Å². The fourth-order valence-corrected chi connectivity index (χ4v) is 3.09. The molecule has 2 saturated heterocycles. The summed E-state index contributed by atoms with van der Waals surface area (Å²) in [5, 5.41) is 19.1. The largest absolute Gasteiger partial charge is 0.492 e. The summed E-state index contributed by atoms with van der Waals surface area (Å²) in [5.74, 6) is -0.000216. The van der Waals surface area contributed by atoms with Crippen molar-refractivity contribution in [3.63, 3.8) is 0 Å². The number of anilines is 1. The summed E-state index contributed by atoms with van der Waals surface area (Å²) in [4.78, 5) is 25.8. The van der Waals surface area contributed by atoms with Gasteiger partial charge in [0.05, 0.1) is 24.7 Å². The quantitative estimate of drug-likeness (QED) is 0.647. The molecule has 2 aliphatic heterocycles. The zero-order valence-electron chi connectivity index (χ0n) is 14.8. The maximum Gasteiger partial charge on any atom is 0.328 e. The van der Waals surface area contributed by atoms with Gasteiger partial charge in [-0.25, -0.2) is 9.59 Å². The third kappa shape index (κ3) is 6.03. The lowest BCUT2D eigenvalue weighted by molar-refractivity contribution is -0.134. The Kier molecular flexibility index (Phi) is 7.40. The van der Waals surface area contributed by atoms with Crippen molar-refractivity contribution in [3.05, 3.63) is 30.6 Å². The molecule has 142 valence electrons. The fraction of sp³-hybridized carbons (Fsp3) is 0.500. The molecule has 3 heterocycles. The fourth-order valence-electron chi connectivity index (χ4n) is 3.09. The van der Waals surface area contributed by atoms with E-state index < -0.39 is 11.9 Å². The van der Waals surface area contributed by atoms with Gasteiger partial charge < -0.3 is 25.2 Å². The summed E-state index contributed by atoms with van der Waals surface area (Å²) in [6.07, 6.45) is 5.90. The van der Waals surface area contributed by atoms with Gasteiger partial charge in [0.25, 0.3) is 0 Å². The lowest BCUT2D eigenvalue weighted by Gasteiger charge is -2.19. The molecule has 0 radical (unpaired) electrons. The second-order valence-corrected chi connectivity index (χ2v) is 6.32. The Hall–Kier alpha value is -2.61. The van der Waals surface area contributed by atoms with Crippen molar-refractivity contribution in [3.8, 4) is 5.75 Å². The van der Waals surface area contributed by atoms with Crippen molar-refractivity contribution in [2.24, 2.45) is 11.8 Å². The molecule has 3 N–H and O–H groups in total. The van der Waals surface area contributed by atoms with Crippen LogP contribution >= 0.6 is 0 Å². The van der Waals surface area contributed by atoms with E-state index >= 15 is 0 Å². The molecule has 1 aromatic heterocycles. The van der Waals surface area contributed by atoms with E-state index in [1.54, 1.807) is 6.20 Å². The van der Waals surface area contributed by atoms with Crippen molar-refractivity contribution in [1.82, 2.24) is 10.3 Å². The number of carboxylic acid groups (broad SMARTS) is 2. The minimum absolute atomic E-state index is 0.558. The van der Waals surface area contributed by atoms with Gasteiger partial charge in [-0.1, -0.05) is 6.92 Å². The Morgan fingerprint density at radius 1 is 1.23 bits per heavy atom. The van der Waals surface area contributed by atoms with Gasteiger partial charge in [-0.2, -0.15) is 0 Å². The van der Waals surface area contributed by atoms with Crippen LogP contribution in [0.3, 0.4) is 0 Å². The van der Waals surface area contributed by atoms with Gasteiger partial charge in [0.1, 0.15) is 5.75 Å². The Morgan fingerprint density at radius 3 is 2.38 bits per heavy atom. The highest BCUT2D eigenvalue weighted by molar-refractivity contribution is 5.89. The Balaban J connectivity index is 0.000000260. The van der Waals surface area contributed by atoms with Crippen molar-refractivity contribution in [2.45, 2.75) is 13.3 Å². The van der Waals surface area contributed by atoms with Gasteiger partial charge in [0, 0.05) is 44.4 Å². The molecule has 0 aliphatic carbocycles. The van der Waals surface area contributed by atoms with Crippen molar-refractivity contribution in [2.75, 3.05) is 37.7 Å². The van der Waals surface area contributed by atoms with Gasteiger partial charge in [-0.05, 0) is 18.3 Å². The number of carbonyl (C=O) groups is 2. The summed E-state index contributed by atoms with van der Waals surface area (Å²) >= 11 is 0. The monoisotopic (exact) mass is 363 g/mol. The molecule has 8 heteroatoms. The number of ether oxygens (including phenoxy) is 1. The Labute approximate surface area is 152 Å². The number of pyridine rings is 1. The maximum atomic E-state index is 9.55. The van der Waals surface area contributed by atoms with Crippen LogP contribution in [0.4, 0.5) is 5.69 Å². The van der Waals surface area contributed by atoms with Crippen LogP contribution in [-0.2, 0) is 9.59 Å². The lowest BCUT2D eigenvalue weighted by Crippen LogP contribution is -2.25. The Morgan fingerprint density at radius 2 is 1.85 bits per heavy atom.